The number of hydrogen-bond donors (Lipinski definition) is 2. The van der Waals surface area contributed by atoms with Crippen LogP contribution in [0, 0.1) is 0 Å². The van der Waals surface area contributed by atoms with Crippen molar-refractivity contribution in [2.24, 2.45) is 4.99 Å². The molecule has 0 spiro atoms. The number of benzene rings is 2. The number of hydrogen-bond acceptors (Lipinski definition) is 4. The first-order valence-electron chi connectivity index (χ1n) is 10.4. The molecule has 1 aliphatic rings. The highest BCUT2D eigenvalue weighted by Gasteiger charge is 2.20. The number of likely N-dealkylation sites (tertiary alicyclic amines) is 1. The van der Waals surface area contributed by atoms with Gasteiger partial charge in [0.25, 0.3) is 0 Å². The number of methoxy groups -OCH3 is 1. The van der Waals surface area contributed by atoms with E-state index in [0.29, 0.717) is 18.5 Å². The van der Waals surface area contributed by atoms with Crippen molar-refractivity contribution in [2.45, 2.75) is 38.6 Å². The molecule has 1 heterocycles. The van der Waals surface area contributed by atoms with Gasteiger partial charge in [0.2, 0.25) is 0 Å². The minimum absolute atomic E-state index is 0. The average Bonchev–Trinajstić information content (AvgIpc) is 2.78. The van der Waals surface area contributed by atoms with Gasteiger partial charge in [0, 0.05) is 39.3 Å². The normalized spacial score (nSPS) is 15.2. The maximum Gasteiger partial charge on any atom is 0.387 e. The Labute approximate surface area is 205 Å². The number of alkyl halides is 2. The van der Waals surface area contributed by atoms with Gasteiger partial charge in [0.15, 0.2) is 17.5 Å². The topological polar surface area (TPSA) is 58.1 Å². The van der Waals surface area contributed by atoms with E-state index in [1.54, 1.807) is 25.2 Å². The second-order valence-electron chi connectivity index (χ2n) is 7.47. The number of piperidine rings is 1. The lowest BCUT2D eigenvalue weighted by molar-refractivity contribution is -0.0512. The summed E-state index contributed by atoms with van der Waals surface area (Å²) in [6, 6.07) is 15.8. The zero-order valence-electron chi connectivity index (χ0n) is 18.4. The highest BCUT2D eigenvalue weighted by molar-refractivity contribution is 14.0. The molecule has 9 heteroatoms. The van der Waals surface area contributed by atoms with Crippen LogP contribution in [0.2, 0.25) is 0 Å². The van der Waals surface area contributed by atoms with Crippen LogP contribution in [0.1, 0.15) is 24.0 Å². The third kappa shape index (κ3) is 8.09. The van der Waals surface area contributed by atoms with E-state index in [2.05, 4.69) is 49.5 Å². The summed E-state index contributed by atoms with van der Waals surface area (Å²) in [5.74, 6) is 0.980. The van der Waals surface area contributed by atoms with Crippen molar-refractivity contribution >= 4 is 29.9 Å². The molecule has 0 aliphatic carbocycles. The molecule has 0 amide bonds. The molecule has 2 N–H and O–H groups in total. The molecular weight excluding hydrogens is 529 g/mol. The summed E-state index contributed by atoms with van der Waals surface area (Å²) in [5, 5.41) is 6.71. The molecule has 1 saturated heterocycles. The zero-order chi connectivity index (χ0) is 22.1. The number of rotatable bonds is 8. The van der Waals surface area contributed by atoms with Gasteiger partial charge in [0.05, 0.1) is 7.11 Å². The predicted octanol–water partition coefficient (Wildman–Crippen LogP) is 4.24. The summed E-state index contributed by atoms with van der Waals surface area (Å²) in [7, 11) is 3.14. The molecule has 0 atom stereocenters. The van der Waals surface area contributed by atoms with Crippen LogP contribution in [0.4, 0.5) is 8.78 Å². The van der Waals surface area contributed by atoms with Crippen molar-refractivity contribution in [1.82, 2.24) is 15.5 Å². The average molecular weight is 560 g/mol. The van der Waals surface area contributed by atoms with E-state index in [-0.39, 0.29) is 35.5 Å². The largest absolute Gasteiger partial charge is 0.493 e. The molecule has 2 aromatic rings. The van der Waals surface area contributed by atoms with E-state index in [4.69, 9.17) is 4.74 Å². The first-order chi connectivity index (χ1) is 15.1. The molecule has 0 saturated carbocycles. The van der Waals surface area contributed by atoms with Crippen molar-refractivity contribution in [2.75, 3.05) is 27.2 Å². The number of ether oxygens (including phenoxy) is 2. The minimum Gasteiger partial charge on any atom is -0.493 e. The quantitative estimate of drug-likeness (QED) is 0.288. The van der Waals surface area contributed by atoms with E-state index in [1.165, 1.54) is 12.7 Å². The maximum absolute atomic E-state index is 12.6. The molecular formula is C23H31F2IN4O2. The SMILES string of the molecule is CN=C(NCc1ccc(OC)c(OC(F)F)c1)NC1CCN(Cc2ccccc2)CC1.I. The molecule has 2 aromatic carbocycles. The second kappa shape index (κ2) is 13.4. The lowest BCUT2D eigenvalue weighted by Gasteiger charge is -2.33. The first kappa shape index (κ1) is 26.1. The molecule has 6 nitrogen and oxygen atoms in total. The van der Waals surface area contributed by atoms with Crippen LogP contribution in [0.15, 0.2) is 53.5 Å². The molecule has 1 aliphatic heterocycles. The molecule has 0 bridgehead atoms. The summed E-state index contributed by atoms with van der Waals surface area (Å²) in [4.78, 5) is 6.76. The third-order valence-electron chi connectivity index (χ3n) is 5.31. The van der Waals surface area contributed by atoms with Gasteiger partial charge in [-0.05, 0) is 36.1 Å². The number of halogens is 3. The first-order valence-corrected chi connectivity index (χ1v) is 10.4. The summed E-state index contributed by atoms with van der Waals surface area (Å²) >= 11 is 0. The molecule has 1 fully saturated rings. The highest BCUT2D eigenvalue weighted by Crippen LogP contribution is 2.29. The molecule has 0 unspecified atom stereocenters. The number of nitrogens with zero attached hydrogens (tertiary/aromatic N) is 2. The fourth-order valence-corrected chi connectivity index (χ4v) is 3.67. The van der Waals surface area contributed by atoms with Gasteiger partial charge in [-0.3, -0.25) is 9.89 Å². The smallest absolute Gasteiger partial charge is 0.387 e. The molecule has 3 rings (SSSR count). The van der Waals surface area contributed by atoms with Gasteiger partial charge in [0.1, 0.15) is 0 Å². The minimum atomic E-state index is -2.90. The Bertz CT molecular complexity index is 847. The van der Waals surface area contributed by atoms with Gasteiger partial charge < -0.3 is 20.1 Å². The summed E-state index contributed by atoms with van der Waals surface area (Å²) in [6.45, 7) is 0.545. The van der Waals surface area contributed by atoms with Gasteiger partial charge in [-0.15, -0.1) is 24.0 Å². The van der Waals surface area contributed by atoms with E-state index in [9.17, 15) is 8.78 Å². The molecule has 32 heavy (non-hydrogen) atoms. The highest BCUT2D eigenvalue weighted by atomic mass is 127. The van der Waals surface area contributed by atoms with Crippen LogP contribution in [-0.2, 0) is 13.1 Å². The second-order valence-corrected chi connectivity index (χ2v) is 7.47. The standard InChI is InChI=1S/C23H30F2N4O2.HI/c1-26-23(27-15-18-8-9-20(30-2)21(14-18)31-22(24)25)28-19-10-12-29(13-11-19)16-17-6-4-3-5-7-17;/h3-9,14,19,22H,10-13,15-16H2,1-2H3,(H2,26,27,28);1H. The fraction of sp³-hybridized carbons (Fsp3) is 0.435. The monoisotopic (exact) mass is 560 g/mol. The Balaban J connectivity index is 0.00000363. The summed E-state index contributed by atoms with van der Waals surface area (Å²) < 4.78 is 34.9. The van der Waals surface area contributed by atoms with Crippen molar-refractivity contribution in [3.63, 3.8) is 0 Å². The van der Waals surface area contributed by atoms with Crippen molar-refractivity contribution in [3.8, 4) is 11.5 Å². The number of guanidine groups is 1. The Hall–Kier alpha value is -2.14. The van der Waals surface area contributed by atoms with Crippen LogP contribution < -0.4 is 20.1 Å². The van der Waals surface area contributed by atoms with Crippen LogP contribution in [0.25, 0.3) is 0 Å². The number of nitrogens with one attached hydrogen (secondary N) is 2. The van der Waals surface area contributed by atoms with E-state index in [1.807, 2.05) is 6.07 Å². The fourth-order valence-electron chi connectivity index (χ4n) is 3.67. The maximum atomic E-state index is 12.6. The lowest BCUT2D eigenvalue weighted by Crippen LogP contribution is -2.48. The summed E-state index contributed by atoms with van der Waals surface area (Å²) in [5.41, 5.74) is 2.12. The third-order valence-corrected chi connectivity index (χ3v) is 5.31. The van der Waals surface area contributed by atoms with E-state index < -0.39 is 6.61 Å². The van der Waals surface area contributed by atoms with Gasteiger partial charge in [-0.1, -0.05) is 36.4 Å². The van der Waals surface area contributed by atoms with Crippen LogP contribution in [-0.4, -0.2) is 50.8 Å². The van der Waals surface area contributed by atoms with Crippen LogP contribution >= 0.6 is 24.0 Å². The Morgan fingerprint density at radius 3 is 2.44 bits per heavy atom. The lowest BCUT2D eigenvalue weighted by atomic mass is 10.0. The summed E-state index contributed by atoms with van der Waals surface area (Å²) in [6.07, 6.45) is 2.06. The predicted molar refractivity (Wildman–Crippen MR) is 133 cm³/mol. The Kier molecular flexibility index (Phi) is 10.9. The number of aliphatic imine (C=N–C) groups is 1. The van der Waals surface area contributed by atoms with Crippen LogP contribution in [0.5, 0.6) is 11.5 Å². The Morgan fingerprint density at radius 1 is 1.09 bits per heavy atom. The molecule has 0 aromatic heterocycles. The molecule has 176 valence electrons. The molecule has 0 radical (unpaired) electrons. The van der Waals surface area contributed by atoms with E-state index in [0.717, 1.165) is 38.0 Å². The Morgan fingerprint density at radius 2 is 1.81 bits per heavy atom. The van der Waals surface area contributed by atoms with Crippen molar-refractivity contribution in [1.29, 1.82) is 0 Å². The van der Waals surface area contributed by atoms with Gasteiger partial charge in [-0.2, -0.15) is 8.78 Å². The van der Waals surface area contributed by atoms with Crippen LogP contribution in [0.3, 0.4) is 0 Å². The van der Waals surface area contributed by atoms with Crippen molar-refractivity contribution < 1.29 is 18.3 Å². The van der Waals surface area contributed by atoms with Crippen molar-refractivity contribution in [3.05, 3.63) is 59.7 Å². The van der Waals surface area contributed by atoms with E-state index >= 15 is 0 Å². The van der Waals surface area contributed by atoms with Gasteiger partial charge in [-0.25, -0.2) is 0 Å². The zero-order valence-corrected chi connectivity index (χ0v) is 20.7. The van der Waals surface area contributed by atoms with Gasteiger partial charge >= 0.3 is 6.61 Å².